The molecule has 1 aromatic carbocycles. The van der Waals surface area contributed by atoms with Crippen molar-refractivity contribution in [3.8, 4) is 0 Å². The summed E-state index contributed by atoms with van der Waals surface area (Å²) in [5.74, 6) is -0.299. The van der Waals surface area contributed by atoms with Crippen LogP contribution < -0.4 is 10.6 Å². The monoisotopic (exact) mass is 238 g/mol. The molecule has 0 spiro atoms. The zero-order chi connectivity index (χ0) is 11.8. The van der Waals surface area contributed by atoms with Crippen molar-refractivity contribution in [2.75, 3.05) is 0 Å². The first-order chi connectivity index (χ1) is 7.49. The predicted octanol–water partition coefficient (Wildman–Crippen LogP) is 1.48. The molecule has 1 atom stereocenters. The van der Waals surface area contributed by atoms with Crippen molar-refractivity contribution in [3.63, 3.8) is 0 Å². The molecule has 0 bridgehead atoms. The Hall–Kier alpha value is -1.55. The van der Waals surface area contributed by atoms with E-state index in [4.69, 9.17) is 11.6 Å². The van der Waals surface area contributed by atoms with E-state index in [0.29, 0.717) is 11.4 Å². The number of rotatable bonds is 2. The standard InChI is InChI=1S/C11H11ClN2O2/c1-11(9(15)13-10(16)14-11)6-7-2-4-8(12)5-3-7/h2-5H,6H2,1H3,(H2,13,14,15,16). The number of benzene rings is 1. The number of imide groups is 1. The van der Waals surface area contributed by atoms with Gasteiger partial charge in [-0.3, -0.25) is 10.1 Å². The van der Waals surface area contributed by atoms with E-state index in [0.717, 1.165) is 5.56 Å². The lowest BCUT2D eigenvalue weighted by Crippen LogP contribution is -2.45. The summed E-state index contributed by atoms with van der Waals surface area (Å²) in [6.45, 7) is 1.70. The maximum Gasteiger partial charge on any atom is 0.322 e. The Labute approximate surface area is 98.0 Å². The highest BCUT2D eigenvalue weighted by Crippen LogP contribution is 2.18. The minimum Gasteiger partial charge on any atom is -0.323 e. The number of hydrogen-bond donors (Lipinski definition) is 2. The molecule has 0 aromatic heterocycles. The fourth-order valence-corrected chi connectivity index (χ4v) is 1.84. The van der Waals surface area contributed by atoms with E-state index in [1.54, 1.807) is 19.1 Å². The fourth-order valence-electron chi connectivity index (χ4n) is 1.71. The van der Waals surface area contributed by atoms with Gasteiger partial charge in [-0.1, -0.05) is 23.7 Å². The molecule has 2 rings (SSSR count). The highest BCUT2D eigenvalue weighted by molar-refractivity contribution is 6.30. The minimum absolute atomic E-state index is 0.299. The first-order valence-corrected chi connectivity index (χ1v) is 5.25. The summed E-state index contributed by atoms with van der Waals surface area (Å²) in [7, 11) is 0. The summed E-state index contributed by atoms with van der Waals surface area (Å²) in [5.41, 5.74) is 0.0783. The van der Waals surface area contributed by atoms with Crippen molar-refractivity contribution in [2.24, 2.45) is 0 Å². The Morgan fingerprint density at radius 1 is 1.25 bits per heavy atom. The van der Waals surface area contributed by atoms with Crippen LogP contribution in [0.15, 0.2) is 24.3 Å². The van der Waals surface area contributed by atoms with Crippen LogP contribution in [0.4, 0.5) is 4.79 Å². The molecule has 1 unspecified atom stereocenters. The molecule has 16 heavy (non-hydrogen) atoms. The molecule has 1 aliphatic heterocycles. The highest BCUT2D eigenvalue weighted by atomic mass is 35.5. The van der Waals surface area contributed by atoms with Crippen molar-refractivity contribution in [3.05, 3.63) is 34.9 Å². The number of amides is 3. The second-order valence-electron chi connectivity index (χ2n) is 4.04. The van der Waals surface area contributed by atoms with Crippen molar-refractivity contribution in [1.29, 1.82) is 0 Å². The first-order valence-electron chi connectivity index (χ1n) is 4.88. The molecule has 0 aliphatic carbocycles. The van der Waals surface area contributed by atoms with Gasteiger partial charge in [-0.2, -0.15) is 0 Å². The first kappa shape index (κ1) is 11.0. The lowest BCUT2D eigenvalue weighted by Gasteiger charge is -2.20. The SMILES string of the molecule is CC1(Cc2ccc(Cl)cc2)NC(=O)NC1=O. The van der Waals surface area contributed by atoms with Crippen LogP contribution in [0, 0.1) is 0 Å². The Balaban J connectivity index is 2.18. The van der Waals surface area contributed by atoms with Crippen LogP contribution in [0.3, 0.4) is 0 Å². The summed E-state index contributed by atoms with van der Waals surface area (Å²) in [6.07, 6.45) is 0.446. The molecule has 0 radical (unpaired) electrons. The van der Waals surface area contributed by atoms with Crippen molar-refractivity contribution in [2.45, 2.75) is 18.9 Å². The van der Waals surface area contributed by atoms with Crippen LogP contribution in [-0.4, -0.2) is 17.5 Å². The van der Waals surface area contributed by atoms with E-state index in [1.807, 2.05) is 12.1 Å². The van der Waals surface area contributed by atoms with E-state index in [-0.39, 0.29) is 5.91 Å². The van der Waals surface area contributed by atoms with Gasteiger partial charge in [0.2, 0.25) is 0 Å². The summed E-state index contributed by atoms with van der Waals surface area (Å²) >= 11 is 5.77. The van der Waals surface area contributed by atoms with Gasteiger partial charge in [0.15, 0.2) is 0 Å². The Kier molecular flexibility index (Phi) is 2.59. The number of carbonyl (C=O) groups excluding carboxylic acids is 2. The summed E-state index contributed by atoms with van der Waals surface area (Å²) < 4.78 is 0. The number of carbonyl (C=O) groups is 2. The number of halogens is 1. The van der Waals surface area contributed by atoms with Gasteiger partial charge in [0.05, 0.1) is 0 Å². The van der Waals surface area contributed by atoms with Crippen LogP contribution >= 0.6 is 11.6 Å². The average Bonchev–Trinajstić information content (AvgIpc) is 2.44. The smallest absolute Gasteiger partial charge is 0.322 e. The van der Waals surface area contributed by atoms with Crippen molar-refractivity contribution in [1.82, 2.24) is 10.6 Å². The lowest BCUT2D eigenvalue weighted by molar-refractivity contribution is -0.123. The van der Waals surface area contributed by atoms with Crippen LogP contribution in [0.25, 0.3) is 0 Å². The molecule has 84 valence electrons. The van der Waals surface area contributed by atoms with Gasteiger partial charge in [0, 0.05) is 11.4 Å². The van der Waals surface area contributed by atoms with Crippen LogP contribution in [-0.2, 0) is 11.2 Å². The third-order valence-corrected chi connectivity index (χ3v) is 2.84. The molecular formula is C11H11ClN2O2. The number of nitrogens with one attached hydrogen (secondary N) is 2. The number of hydrogen-bond acceptors (Lipinski definition) is 2. The Morgan fingerprint density at radius 3 is 2.38 bits per heavy atom. The van der Waals surface area contributed by atoms with Gasteiger partial charge in [-0.25, -0.2) is 4.79 Å². The predicted molar refractivity (Wildman–Crippen MR) is 60.2 cm³/mol. The Morgan fingerprint density at radius 2 is 1.88 bits per heavy atom. The maximum absolute atomic E-state index is 11.6. The van der Waals surface area contributed by atoms with E-state index >= 15 is 0 Å². The molecule has 1 heterocycles. The molecule has 4 nitrogen and oxygen atoms in total. The zero-order valence-corrected chi connectivity index (χ0v) is 9.47. The minimum atomic E-state index is -0.870. The molecule has 1 saturated heterocycles. The van der Waals surface area contributed by atoms with Crippen molar-refractivity contribution >= 4 is 23.5 Å². The maximum atomic E-state index is 11.6. The molecule has 3 amide bonds. The molecule has 0 saturated carbocycles. The van der Waals surface area contributed by atoms with E-state index in [2.05, 4.69) is 10.6 Å². The lowest BCUT2D eigenvalue weighted by atomic mass is 9.93. The normalized spacial score (nSPS) is 24.1. The molecule has 2 N–H and O–H groups in total. The molecule has 5 heteroatoms. The van der Waals surface area contributed by atoms with Gasteiger partial charge in [0.25, 0.3) is 5.91 Å². The largest absolute Gasteiger partial charge is 0.323 e. The van der Waals surface area contributed by atoms with E-state index < -0.39 is 11.6 Å². The van der Waals surface area contributed by atoms with Gasteiger partial charge >= 0.3 is 6.03 Å². The fraction of sp³-hybridized carbons (Fsp3) is 0.273. The van der Waals surface area contributed by atoms with Crippen molar-refractivity contribution < 1.29 is 9.59 Å². The molecule has 1 fully saturated rings. The van der Waals surface area contributed by atoms with Gasteiger partial charge < -0.3 is 5.32 Å². The number of urea groups is 1. The second-order valence-corrected chi connectivity index (χ2v) is 4.48. The quantitative estimate of drug-likeness (QED) is 0.767. The topological polar surface area (TPSA) is 58.2 Å². The summed E-state index contributed by atoms with van der Waals surface area (Å²) in [4.78, 5) is 22.6. The van der Waals surface area contributed by atoms with Crippen LogP contribution in [0.5, 0.6) is 0 Å². The third kappa shape index (κ3) is 2.02. The second kappa shape index (κ2) is 3.79. The van der Waals surface area contributed by atoms with Crippen LogP contribution in [0.1, 0.15) is 12.5 Å². The third-order valence-electron chi connectivity index (χ3n) is 2.59. The molecule has 1 aromatic rings. The summed E-state index contributed by atoms with van der Waals surface area (Å²) in [5, 5.41) is 5.48. The summed E-state index contributed by atoms with van der Waals surface area (Å²) in [6, 6.07) is 6.75. The van der Waals surface area contributed by atoms with Gasteiger partial charge in [0.1, 0.15) is 5.54 Å². The van der Waals surface area contributed by atoms with Crippen LogP contribution in [0.2, 0.25) is 5.02 Å². The molecular weight excluding hydrogens is 228 g/mol. The zero-order valence-electron chi connectivity index (χ0n) is 8.71. The van der Waals surface area contributed by atoms with E-state index in [9.17, 15) is 9.59 Å². The van der Waals surface area contributed by atoms with Gasteiger partial charge in [-0.15, -0.1) is 0 Å². The highest BCUT2D eigenvalue weighted by Gasteiger charge is 2.41. The van der Waals surface area contributed by atoms with E-state index in [1.165, 1.54) is 0 Å². The molecule has 1 aliphatic rings. The van der Waals surface area contributed by atoms with Gasteiger partial charge in [-0.05, 0) is 24.6 Å². The Bertz CT molecular complexity index is 444. The average molecular weight is 239 g/mol.